The first-order valence-electron chi connectivity index (χ1n) is 7.56. The number of aromatic nitrogens is 4. The number of amides is 1. The van der Waals surface area contributed by atoms with Crippen LogP contribution in [0.5, 0.6) is 0 Å². The van der Waals surface area contributed by atoms with Crippen molar-refractivity contribution in [1.82, 2.24) is 19.6 Å². The van der Waals surface area contributed by atoms with E-state index in [1.54, 1.807) is 33.8 Å². The number of hydrogen-bond acceptors (Lipinski definition) is 4. The maximum absolute atomic E-state index is 11.1. The minimum Gasteiger partial charge on any atom is -0.364 e. The highest BCUT2D eigenvalue weighted by atomic mass is 35.5. The molecule has 0 bridgehead atoms. The van der Waals surface area contributed by atoms with Crippen molar-refractivity contribution >= 4 is 17.5 Å². The van der Waals surface area contributed by atoms with Crippen molar-refractivity contribution in [2.75, 3.05) is 0 Å². The summed E-state index contributed by atoms with van der Waals surface area (Å²) in [6, 6.07) is 10.7. The molecule has 2 N–H and O–H groups in total. The molecule has 0 unspecified atom stereocenters. The zero-order chi connectivity index (χ0) is 18.0. The summed E-state index contributed by atoms with van der Waals surface area (Å²) >= 11 is 6.07. The van der Waals surface area contributed by atoms with E-state index in [0.29, 0.717) is 17.1 Å². The first-order valence-corrected chi connectivity index (χ1v) is 7.94. The molecule has 0 saturated carbocycles. The fourth-order valence-electron chi connectivity index (χ4n) is 2.45. The maximum atomic E-state index is 11.1. The van der Waals surface area contributed by atoms with Crippen LogP contribution in [0.3, 0.4) is 0 Å². The molecule has 8 heteroatoms. The first-order chi connectivity index (χ1) is 12.0. The van der Waals surface area contributed by atoms with Crippen LogP contribution in [0.4, 0.5) is 0 Å². The molecule has 0 aliphatic heterocycles. The van der Waals surface area contributed by atoms with Crippen LogP contribution in [-0.4, -0.2) is 25.5 Å². The van der Waals surface area contributed by atoms with E-state index in [4.69, 9.17) is 22.6 Å². The monoisotopic (exact) mass is 354 g/mol. The molecule has 0 aliphatic carbocycles. The van der Waals surface area contributed by atoms with E-state index in [-0.39, 0.29) is 11.7 Å². The Morgan fingerprint density at radius 2 is 2.12 bits per heavy atom. The van der Waals surface area contributed by atoms with Gasteiger partial charge in [-0.15, -0.1) is 0 Å². The summed E-state index contributed by atoms with van der Waals surface area (Å²) in [5.74, 6) is -0.551. The Kier molecular flexibility index (Phi) is 4.55. The molecule has 1 amide bonds. The average Bonchev–Trinajstić information content (AvgIpc) is 3.24. The standard InChI is InChI=1S/C17H15ClN6O/c1-11(24-7-5-16(22-24)17(20)25)10-23-6-4-15(21-23)12-2-3-13(9-19)14(18)8-12/h2-8,11H,10H2,1H3,(H2,20,25)/t11-/m0/s1. The zero-order valence-corrected chi connectivity index (χ0v) is 14.2. The Hall–Kier alpha value is -3.11. The van der Waals surface area contributed by atoms with Crippen molar-refractivity contribution in [3.63, 3.8) is 0 Å². The second-order valence-corrected chi connectivity index (χ2v) is 6.03. The van der Waals surface area contributed by atoms with E-state index in [9.17, 15) is 4.79 Å². The summed E-state index contributed by atoms with van der Waals surface area (Å²) in [6.07, 6.45) is 3.58. The molecule has 1 atom stereocenters. The first kappa shape index (κ1) is 16.7. The van der Waals surface area contributed by atoms with Crippen molar-refractivity contribution < 1.29 is 4.79 Å². The second kappa shape index (κ2) is 6.79. The zero-order valence-electron chi connectivity index (χ0n) is 13.4. The predicted molar refractivity (Wildman–Crippen MR) is 92.8 cm³/mol. The van der Waals surface area contributed by atoms with Gasteiger partial charge in [0.25, 0.3) is 5.91 Å². The third-order valence-corrected chi connectivity index (χ3v) is 4.10. The van der Waals surface area contributed by atoms with Gasteiger partial charge in [0.15, 0.2) is 0 Å². The minimum absolute atomic E-state index is 0.00889. The topological polar surface area (TPSA) is 103 Å². The Morgan fingerprint density at radius 1 is 1.32 bits per heavy atom. The number of halogens is 1. The molecule has 7 nitrogen and oxygen atoms in total. The van der Waals surface area contributed by atoms with Gasteiger partial charge in [0.1, 0.15) is 11.8 Å². The third-order valence-electron chi connectivity index (χ3n) is 3.79. The molecule has 0 fully saturated rings. The lowest BCUT2D eigenvalue weighted by molar-refractivity contribution is 0.0994. The van der Waals surface area contributed by atoms with Crippen LogP contribution in [0, 0.1) is 11.3 Å². The Morgan fingerprint density at radius 3 is 2.76 bits per heavy atom. The highest BCUT2D eigenvalue weighted by Crippen LogP contribution is 2.24. The van der Waals surface area contributed by atoms with Gasteiger partial charge in [0, 0.05) is 18.0 Å². The largest absolute Gasteiger partial charge is 0.364 e. The van der Waals surface area contributed by atoms with Crippen molar-refractivity contribution in [2.24, 2.45) is 5.73 Å². The van der Waals surface area contributed by atoms with Crippen LogP contribution in [0.2, 0.25) is 5.02 Å². The van der Waals surface area contributed by atoms with E-state index in [0.717, 1.165) is 11.3 Å². The molecule has 0 aliphatic rings. The highest BCUT2D eigenvalue weighted by Gasteiger charge is 2.12. The van der Waals surface area contributed by atoms with Gasteiger partial charge < -0.3 is 5.73 Å². The number of nitrogens with zero attached hydrogens (tertiary/aromatic N) is 5. The number of benzene rings is 1. The summed E-state index contributed by atoms with van der Waals surface area (Å²) in [7, 11) is 0. The number of nitrogens with two attached hydrogens (primary N) is 1. The van der Waals surface area contributed by atoms with Crippen LogP contribution >= 0.6 is 11.6 Å². The van der Waals surface area contributed by atoms with Crippen molar-refractivity contribution in [3.8, 4) is 17.3 Å². The number of primary amides is 1. The number of hydrogen-bond donors (Lipinski definition) is 1. The van der Waals surface area contributed by atoms with Gasteiger partial charge in [-0.2, -0.15) is 15.5 Å². The molecule has 25 heavy (non-hydrogen) atoms. The average molecular weight is 355 g/mol. The van der Waals surface area contributed by atoms with Gasteiger partial charge in [-0.3, -0.25) is 14.2 Å². The molecular formula is C17H15ClN6O. The van der Waals surface area contributed by atoms with E-state index in [2.05, 4.69) is 10.2 Å². The summed E-state index contributed by atoms with van der Waals surface area (Å²) < 4.78 is 3.47. The van der Waals surface area contributed by atoms with E-state index >= 15 is 0 Å². The molecule has 3 aromatic rings. The minimum atomic E-state index is -0.551. The molecule has 126 valence electrons. The van der Waals surface area contributed by atoms with Gasteiger partial charge >= 0.3 is 0 Å². The molecular weight excluding hydrogens is 340 g/mol. The molecule has 2 aromatic heterocycles. The molecule has 2 heterocycles. The van der Waals surface area contributed by atoms with Gasteiger partial charge in [-0.05, 0) is 31.2 Å². The van der Waals surface area contributed by atoms with Crippen LogP contribution < -0.4 is 5.73 Å². The molecule has 0 radical (unpaired) electrons. The Bertz CT molecular complexity index is 968. The number of rotatable bonds is 5. The molecule has 0 saturated heterocycles. The second-order valence-electron chi connectivity index (χ2n) is 5.62. The van der Waals surface area contributed by atoms with Crippen molar-refractivity contribution in [3.05, 3.63) is 59.0 Å². The lowest BCUT2D eigenvalue weighted by Crippen LogP contribution is -2.16. The lowest BCUT2D eigenvalue weighted by Gasteiger charge is -2.12. The molecule has 1 aromatic carbocycles. The van der Waals surface area contributed by atoms with E-state index in [1.165, 1.54) is 0 Å². The van der Waals surface area contributed by atoms with Crippen LogP contribution in [0.15, 0.2) is 42.7 Å². The summed E-state index contributed by atoms with van der Waals surface area (Å²) in [6.45, 7) is 2.54. The highest BCUT2D eigenvalue weighted by molar-refractivity contribution is 6.32. The third kappa shape index (κ3) is 3.54. The van der Waals surface area contributed by atoms with Crippen molar-refractivity contribution in [2.45, 2.75) is 19.5 Å². The van der Waals surface area contributed by atoms with Gasteiger partial charge in [-0.25, -0.2) is 0 Å². The van der Waals surface area contributed by atoms with E-state index in [1.807, 2.05) is 31.3 Å². The van der Waals surface area contributed by atoms with Gasteiger partial charge in [0.05, 0.1) is 28.9 Å². The Labute approximate surface area is 149 Å². The summed E-state index contributed by atoms with van der Waals surface area (Å²) in [5, 5.41) is 18.0. The summed E-state index contributed by atoms with van der Waals surface area (Å²) in [5.41, 5.74) is 7.49. The smallest absolute Gasteiger partial charge is 0.269 e. The number of nitriles is 1. The SMILES string of the molecule is C[C@@H](Cn1ccc(-c2ccc(C#N)c(Cl)c2)n1)n1ccc(C(N)=O)n1. The van der Waals surface area contributed by atoms with Gasteiger partial charge in [-0.1, -0.05) is 17.7 Å². The van der Waals surface area contributed by atoms with Crippen molar-refractivity contribution in [1.29, 1.82) is 5.26 Å². The van der Waals surface area contributed by atoms with E-state index < -0.39 is 5.91 Å². The maximum Gasteiger partial charge on any atom is 0.269 e. The van der Waals surface area contributed by atoms with Crippen LogP contribution in [-0.2, 0) is 6.54 Å². The quantitative estimate of drug-likeness (QED) is 0.760. The molecule has 3 rings (SSSR count). The molecule has 0 spiro atoms. The fourth-order valence-corrected chi connectivity index (χ4v) is 2.67. The van der Waals surface area contributed by atoms with Crippen LogP contribution in [0.25, 0.3) is 11.3 Å². The van der Waals surface area contributed by atoms with Crippen LogP contribution in [0.1, 0.15) is 29.0 Å². The number of carbonyl (C=O) groups is 1. The fraction of sp³-hybridized carbons (Fsp3) is 0.176. The predicted octanol–water partition coefficient (Wildman–Crippen LogP) is 2.63. The Balaban J connectivity index is 1.76. The number of carbonyl (C=O) groups excluding carboxylic acids is 1. The lowest BCUT2D eigenvalue weighted by atomic mass is 10.1. The normalized spacial score (nSPS) is 11.9. The van der Waals surface area contributed by atoms with Gasteiger partial charge in [0.2, 0.25) is 0 Å². The summed E-state index contributed by atoms with van der Waals surface area (Å²) in [4.78, 5) is 11.1.